The fraction of sp³-hybridized carbons (Fsp3) is 0.786. The number of unbranched alkanes of at least 4 members (excludes halogenated alkanes) is 1. The lowest BCUT2D eigenvalue weighted by atomic mass is 9.99. The Balaban J connectivity index is 2.52. The molecule has 1 heterocycles. The van der Waals surface area contributed by atoms with Crippen molar-refractivity contribution < 1.29 is 0 Å². The molecule has 3 nitrogen and oxygen atoms in total. The average molecular weight is 237 g/mol. The third-order valence-corrected chi connectivity index (χ3v) is 3.57. The average Bonchev–Trinajstić information content (AvgIpc) is 2.81. The summed E-state index contributed by atoms with van der Waals surface area (Å²) in [5.74, 6) is 0.771. The van der Waals surface area contributed by atoms with Gasteiger partial charge >= 0.3 is 0 Å². The second-order valence-electron chi connectivity index (χ2n) is 4.92. The molecule has 0 saturated heterocycles. The summed E-state index contributed by atoms with van der Waals surface area (Å²) in [7, 11) is 1.98. The summed E-state index contributed by atoms with van der Waals surface area (Å²) in [5.41, 5.74) is 1.28. The van der Waals surface area contributed by atoms with Crippen molar-refractivity contribution in [2.75, 3.05) is 7.05 Å². The molecule has 2 atom stereocenters. The maximum absolute atomic E-state index is 4.46. The monoisotopic (exact) mass is 237 g/mol. The van der Waals surface area contributed by atoms with Crippen molar-refractivity contribution in [3.8, 4) is 0 Å². The maximum atomic E-state index is 4.46. The van der Waals surface area contributed by atoms with E-state index in [2.05, 4.69) is 42.1 Å². The van der Waals surface area contributed by atoms with Gasteiger partial charge in [-0.15, -0.1) is 0 Å². The predicted molar refractivity (Wildman–Crippen MR) is 73.0 cm³/mol. The number of hydrogen-bond donors (Lipinski definition) is 1. The molecule has 0 saturated carbocycles. The van der Waals surface area contributed by atoms with E-state index in [1.807, 2.05) is 13.2 Å². The van der Waals surface area contributed by atoms with Crippen molar-refractivity contribution in [3.63, 3.8) is 0 Å². The van der Waals surface area contributed by atoms with Gasteiger partial charge in [0.05, 0.1) is 6.20 Å². The Bertz CT molecular complexity index is 306. The molecule has 3 heteroatoms. The van der Waals surface area contributed by atoms with Gasteiger partial charge in [-0.1, -0.05) is 33.1 Å². The number of aromatic nitrogens is 2. The van der Waals surface area contributed by atoms with Gasteiger partial charge in [0.25, 0.3) is 0 Å². The lowest BCUT2D eigenvalue weighted by molar-refractivity contribution is 0.372. The Hall–Kier alpha value is -0.830. The first-order chi connectivity index (χ1) is 8.21. The van der Waals surface area contributed by atoms with Gasteiger partial charge in [0.1, 0.15) is 0 Å². The van der Waals surface area contributed by atoms with E-state index in [4.69, 9.17) is 0 Å². The molecule has 1 aromatic rings. The molecule has 0 radical (unpaired) electrons. The van der Waals surface area contributed by atoms with Crippen LogP contribution in [-0.2, 0) is 6.54 Å². The highest BCUT2D eigenvalue weighted by molar-refractivity contribution is 5.08. The fourth-order valence-corrected chi connectivity index (χ4v) is 2.05. The minimum absolute atomic E-state index is 0.388. The van der Waals surface area contributed by atoms with Crippen molar-refractivity contribution in [2.45, 2.75) is 59.0 Å². The summed E-state index contributed by atoms with van der Waals surface area (Å²) in [5, 5.41) is 7.70. The van der Waals surface area contributed by atoms with Crippen LogP contribution in [0.15, 0.2) is 12.4 Å². The van der Waals surface area contributed by atoms with E-state index >= 15 is 0 Å². The van der Waals surface area contributed by atoms with Crippen molar-refractivity contribution >= 4 is 0 Å². The van der Waals surface area contributed by atoms with E-state index in [0.29, 0.717) is 6.04 Å². The summed E-state index contributed by atoms with van der Waals surface area (Å²) in [6.07, 6.45) is 9.35. The zero-order chi connectivity index (χ0) is 12.7. The molecule has 0 fully saturated rings. The van der Waals surface area contributed by atoms with Crippen molar-refractivity contribution in [1.82, 2.24) is 15.1 Å². The van der Waals surface area contributed by atoms with Crippen LogP contribution in [0.2, 0.25) is 0 Å². The molecular formula is C14H27N3. The Morgan fingerprint density at radius 2 is 2.18 bits per heavy atom. The summed E-state index contributed by atoms with van der Waals surface area (Å²) >= 11 is 0. The largest absolute Gasteiger partial charge is 0.313 e. The lowest BCUT2D eigenvalue weighted by Gasteiger charge is -2.14. The predicted octanol–water partition coefficient (Wildman–Crippen LogP) is 3.38. The van der Waals surface area contributed by atoms with Crippen LogP contribution in [0.1, 0.15) is 58.1 Å². The van der Waals surface area contributed by atoms with Crippen molar-refractivity contribution in [2.24, 2.45) is 5.92 Å². The fourth-order valence-electron chi connectivity index (χ4n) is 2.05. The summed E-state index contributed by atoms with van der Waals surface area (Å²) in [4.78, 5) is 0. The van der Waals surface area contributed by atoms with Gasteiger partial charge in [-0.3, -0.25) is 4.68 Å². The van der Waals surface area contributed by atoms with Gasteiger partial charge in [-0.2, -0.15) is 5.10 Å². The van der Waals surface area contributed by atoms with Gasteiger partial charge in [-0.25, -0.2) is 0 Å². The summed E-state index contributed by atoms with van der Waals surface area (Å²) in [6, 6.07) is 0.388. The van der Waals surface area contributed by atoms with Gasteiger partial charge in [0.15, 0.2) is 0 Å². The molecule has 1 N–H and O–H groups in total. The Morgan fingerprint density at radius 3 is 2.76 bits per heavy atom. The first kappa shape index (κ1) is 14.2. The molecule has 0 spiro atoms. The Morgan fingerprint density at radius 1 is 1.41 bits per heavy atom. The molecule has 0 amide bonds. The van der Waals surface area contributed by atoms with Crippen molar-refractivity contribution in [1.29, 1.82) is 0 Å². The first-order valence-corrected chi connectivity index (χ1v) is 6.90. The number of hydrogen-bond acceptors (Lipinski definition) is 2. The number of rotatable bonds is 8. The van der Waals surface area contributed by atoms with E-state index in [1.165, 1.54) is 31.2 Å². The van der Waals surface area contributed by atoms with Crippen LogP contribution in [-0.4, -0.2) is 16.8 Å². The molecule has 0 aromatic carbocycles. The lowest BCUT2D eigenvalue weighted by Crippen LogP contribution is -2.12. The van der Waals surface area contributed by atoms with Gasteiger partial charge in [-0.05, 0) is 26.3 Å². The topological polar surface area (TPSA) is 29.9 Å². The minimum Gasteiger partial charge on any atom is -0.313 e. The van der Waals surface area contributed by atoms with E-state index in [9.17, 15) is 0 Å². The van der Waals surface area contributed by atoms with Crippen LogP contribution >= 0.6 is 0 Å². The molecule has 0 aliphatic heterocycles. The highest BCUT2D eigenvalue weighted by Gasteiger charge is 2.10. The van der Waals surface area contributed by atoms with E-state index in [1.54, 1.807) is 0 Å². The van der Waals surface area contributed by atoms with Gasteiger partial charge < -0.3 is 5.32 Å². The third-order valence-electron chi connectivity index (χ3n) is 3.57. The number of nitrogens with one attached hydrogen (secondary N) is 1. The second kappa shape index (κ2) is 7.49. The van der Waals surface area contributed by atoms with Crippen LogP contribution in [0.5, 0.6) is 0 Å². The summed E-state index contributed by atoms with van der Waals surface area (Å²) in [6.45, 7) is 7.76. The van der Waals surface area contributed by atoms with Gasteiger partial charge in [0.2, 0.25) is 0 Å². The third kappa shape index (κ3) is 4.50. The standard InChI is InChI=1S/C14H27N3/c1-5-7-8-13(6-2)10-17-11-14(9-16-17)12(3)15-4/h9,11-13,15H,5-8,10H2,1-4H3. The quantitative estimate of drug-likeness (QED) is 0.751. The zero-order valence-electron chi connectivity index (χ0n) is 11.7. The van der Waals surface area contributed by atoms with Crippen LogP contribution in [0, 0.1) is 5.92 Å². The molecule has 0 bridgehead atoms. The molecule has 1 rings (SSSR count). The Kier molecular flexibility index (Phi) is 6.27. The minimum atomic E-state index is 0.388. The normalized spacial score (nSPS) is 14.8. The smallest absolute Gasteiger partial charge is 0.0537 e. The Labute approximate surface area is 106 Å². The molecule has 0 aliphatic carbocycles. The van der Waals surface area contributed by atoms with E-state index < -0.39 is 0 Å². The molecule has 0 aliphatic rings. The van der Waals surface area contributed by atoms with E-state index in [-0.39, 0.29) is 0 Å². The molecule has 17 heavy (non-hydrogen) atoms. The van der Waals surface area contributed by atoms with Gasteiger partial charge in [0, 0.05) is 24.3 Å². The first-order valence-electron chi connectivity index (χ1n) is 6.90. The SMILES string of the molecule is CCCCC(CC)Cn1cc(C(C)NC)cn1. The highest BCUT2D eigenvalue weighted by Crippen LogP contribution is 2.16. The number of nitrogens with zero attached hydrogens (tertiary/aromatic N) is 2. The molecule has 1 aromatic heterocycles. The van der Waals surface area contributed by atoms with Crippen molar-refractivity contribution in [3.05, 3.63) is 18.0 Å². The van der Waals surface area contributed by atoms with Crippen LogP contribution in [0.25, 0.3) is 0 Å². The van der Waals surface area contributed by atoms with E-state index in [0.717, 1.165) is 12.5 Å². The van der Waals surface area contributed by atoms with Crippen LogP contribution in [0.4, 0.5) is 0 Å². The second-order valence-corrected chi connectivity index (χ2v) is 4.92. The zero-order valence-corrected chi connectivity index (χ0v) is 11.7. The highest BCUT2D eigenvalue weighted by atomic mass is 15.3. The van der Waals surface area contributed by atoms with Crippen LogP contribution in [0.3, 0.4) is 0 Å². The maximum Gasteiger partial charge on any atom is 0.0537 e. The molecule has 98 valence electrons. The molecule has 2 unspecified atom stereocenters. The van der Waals surface area contributed by atoms with Crippen LogP contribution < -0.4 is 5.32 Å². The summed E-state index contributed by atoms with van der Waals surface area (Å²) < 4.78 is 2.10. The molecular weight excluding hydrogens is 210 g/mol.